The van der Waals surface area contributed by atoms with Gasteiger partial charge in [-0.05, 0) is 42.1 Å². The van der Waals surface area contributed by atoms with Crippen molar-refractivity contribution < 1.29 is 13.2 Å². The van der Waals surface area contributed by atoms with Crippen molar-refractivity contribution in [2.45, 2.75) is 12.2 Å². The Kier molecular flexibility index (Phi) is 4.78. The van der Waals surface area contributed by atoms with Crippen LogP contribution in [0.2, 0.25) is 0 Å². The van der Waals surface area contributed by atoms with Crippen LogP contribution in [0.15, 0.2) is 60.1 Å². The monoisotopic (exact) mass is 374 g/mol. The van der Waals surface area contributed by atoms with Gasteiger partial charge >= 0.3 is 0 Å². The molecular weight excluding hydrogens is 356 g/mol. The summed E-state index contributed by atoms with van der Waals surface area (Å²) in [6.45, 7) is 1.63. The molecule has 1 atom stereocenters. The number of sulfonamides is 1. The van der Waals surface area contributed by atoms with Gasteiger partial charge < -0.3 is 4.98 Å². The maximum absolute atomic E-state index is 12.9. The Morgan fingerprint density at radius 3 is 2.60 bits per heavy atom. The Balaban J connectivity index is 1.91. The lowest BCUT2D eigenvalue weighted by atomic mass is 10.0. The van der Waals surface area contributed by atoms with E-state index in [9.17, 15) is 13.2 Å². The maximum Gasteiger partial charge on any atom is 0.242 e. The number of nitrogens with zero attached hydrogens (tertiary/aromatic N) is 1. The number of benzene rings is 1. The Labute approximate surface area is 151 Å². The number of thiophene rings is 1. The van der Waals surface area contributed by atoms with Crippen molar-refractivity contribution in [2.24, 2.45) is 0 Å². The van der Waals surface area contributed by atoms with Gasteiger partial charge in [-0.15, -0.1) is 11.3 Å². The number of carbonyl (C=O) groups is 1. The van der Waals surface area contributed by atoms with E-state index in [1.54, 1.807) is 55.6 Å². The third-order valence-electron chi connectivity index (χ3n) is 4.11. The lowest BCUT2D eigenvalue weighted by Gasteiger charge is -2.23. The largest absolute Gasteiger partial charge is 0.348 e. The van der Waals surface area contributed by atoms with Gasteiger partial charge in [-0.1, -0.05) is 24.3 Å². The summed E-state index contributed by atoms with van der Waals surface area (Å²) in [4.78, 5) is 16.0. The summed E-state index contributed by atoms with van der Waals surface area (Å²) in [5, 5.41) is 1.06. The maximum atomic E-state index is 12.9. The second kappa shape index (κ2) is 6.85. The third-order valence-corrected chi connectivity index (χ3v) is 7.11. The fraction of sp³-hybridized carbons (Fsp3) is 0.167. The van der Waals surface area contributed by atoms with Crippen LogP contribution in [0.5, 0.6) is 0 Å². The van der Waals surface area contributed by atoms with Crippen LogP contribution in [-0.2, 0) is 10.0 Å². The van der Waals surface area contributed by atoms with E-state index in [4.69, 9.17) is 0 Å². The lowest BCUT2D eigenvalue weighted by molar-refractivity contribution is 0.104. The quantitative estimate of drug-likeness (QED) is 0.667. The summed E-state index contributed by atoms with van der Waals surface area (Å²) >= 11 is 1.37. The molecule has 0 radical (unpaired) electrons. The van der Waals surface area contributed by atoms with Crippen LogP contribution in [0.3, 0.4) is 0 Å². The normalized spacial score (nSPS) is 12.7. The zero-order chi connectivity index (χ0) is 18.0. The van der Waals surface area contributed by atoms with Gasteiger partial charge in [0.2, 0.25) is 15.8 Å². The Bertz CT molecular complexity index is 962. The van der Waals surface area contributed by atoms with E-state index in [1.165, 1.54) is 22.7 Å². The highest BCUT2D eigenvalue weighted by atomic mass is 32.2. The number of carbonyl (C=O) groups excluding carboxylic acids is 1. The van der Waals surface area contributed by atoms with Crippen molar-refractivity contribution in [3.05, 3.63) is 76.1 Å². The van der Waals surface area contributed by atoms with Gasteiger partial charge in [0, 0.05) is 18.8 Å². The fourth-order valence-electron chi connectivity index (χ4n) is 2.55. The average molecular weight is 374 g/mol. The summed E-state index contributed by atoms with van der Waals surface area (Å²) in [7, 11) is -2.11. The first-order valence-electron chi connectivity index (χ1n) is 7.70. The van der Waals surface area contributed by atoms with Crippen LogP contribution in [-0.4, -0.2) is 26.2 Å². The topological polar surface area (TPSA) is 70.2 Å². The van der Waals surface area contributed by atoms with E-state index in [2.05, 4.69) is 4.98 Å². The van der Waals surface area contributed by atoms with Crippen LogP contribution >= 0.6 is 11.3 Å². The molecule has 1 aromatic carbocycles. The van der Waals surface area contributed by atoms with E-state index in [0.29, 0.717) is 21.8 Å². The van der Waals surface area contributed by atoms with E-state index in [-0.39, 0.29) is 5.78 Å². The number of nitrogens with one attached hydrogen (secondary N) is 1. The molecule has 3 rings (SSSR count). The molecule has 2 aromatic heterocycles. The van der Waals surface area contributed by atoms with Crippen LogP contribution in [0, 0.1) is 0 Å². The molecule has 0 aliphatic heterocycles. The fourth-order valence-corrected chi connectivity index (χ4v) is 4.58. The molecule has 0 aliphatic rings. The molecule has 7 heteroatoms. The first-order chi connectivity index (χ1) is 11.9. The zero-order valence-corrected chi connectivity index (χ0v) is 15.5. The summed E-state index contributed by atoms with van der Waals surface area (Å²) in [5.74, 6) is 0.400. The van der Waals surface area contributed by atoms with Crippen LogP contribution in [0.1, 0.15) is 33.0 Å². The predicted octanol–water partition coefficient (Wildman–Crippen LogP) is 3.83. The SMILES string of the molecule is CC(c1cccc(C(=O)c2cccs2)c1)S(=O)(=O)N(C)c1ccc[nH]1. The standard InChI is InChI=1S/C18H18N2O3S2/c1-13(25(22,23)20(2)17-9-4-10-19-17)14-6-3-7-15(12-14)18(21)16-8-5-11-24-16/h3-13,19H,1-2H3. The van der Waals surface area contributed by atoms with Crippen molar-refractivity contribution in [1.82, 2.24) is 4.98 Å². The first-order valence-corrected chi connectivity index (χ1v) is 10.1. The Morgan fingerprint density at radius 2 is 1.96 bits per heavy atom. The van der Waals surface area contributed by atoms with Crippen molar-refractivity contribution >= 4 is 33.0 Å². The molecule has 5 nitrogen and oxygen atoms in total. The number of H-pyrrole nitrogens is 1. The summed E-state index contributed by atoms with van der Waals surface area (Å²) in [6.07, 6.45) is 1.67. The van der Waals surface area contributed by atoms with Crippen molar-refractivity contribution in [2.75, 3.05) is 11.4 Å². The highest BCUT2D eigenvalue weighted by Crippen LogP contribution is 2.28. The number of rotatable bonds is 6. The highest BCUT2D eigenvalue weighted by molar-refractivity contribution is 7.93. The summed E-state index contributed by atoms with van der Waals surface area (Å²) in [6, 6.07) is 13.8. The molecule has 1 N–H and O–H groups in total. The molecule has 0 aliphatic carbocycles. The number of hydrogen-bond acceptors (Lipinski definition) is 4. The minimum absolute atomic E-state index is 0.0980. The van der Waals surface area contributed by atoms with E-state index in [1.807, 2.05) is 11.4 Å². The van der Waals surface area contributed by atoms with Crippen molar-refractivity contribution in [3.8, 4) is 0 Å². The Hall–Kier alpha value is -2.38. The van der Waals surface area contributed by atoms with Gasteiger partial charge in [-0.3, -0.25) is 9.10 Å². The minimum atomic E-state index is -3.62. The molecule has 3 aromatic rings. The highest BCUT2D eigenvalue weighted by Gasteiger charge is 2.28. The molecule has 1 unspecified atom stereocenters. The van der Waals surface area contributed by atoms with Crippen molar-refractivity contribution in [1.29, 1.82) is 0 Å². The number of anilines is 1. The second-order valence-electron chi connectivity index (χ2n) is 5.64. The van der Waals surface area contributed by atoms with Gasteiger partial charge in [0.25, 0.3) is 0 Å². The van der Waals surface area contributed by atoms with E-state index in [0.717, 1.165) is 0 Å². The second-order valence-corrected chi connectivity index (χ2v) is 8.87. The first kappa shape index (κ1) is 17.4. The zero-order valence-electron chi connectivity index (χ0n) is 13.8. The minimum Gasteiger partial charge on any atom is -0.348 e. The number of ketones is 1. The summed E-state index contributed by atoms with van der Waals surface area (Å²) < 4.78 is 27.0. The molecule has 0 bridgehead atoms. The van der Waals surface area contributed by atoms with Crippen LogP contribution in [0.25, 0.3) is 0 Å². The molecule has 0 spiro atoms. The van der Waals surface area contributed by atoms with Crippen LogP contribution in [0.4, 0.5) is 5.82 Å². The number of aromatic nitrogens is 1. The Morgan fingerprint density at radius 1 is 1.16 bits per heavy atom. The van der Waals surface area contributed by atoms with Crippen LogP contribution < -0.4 is 4.31 Å². The smallest absolute Gasteiger partial charge is 0.242 e. The van der Waals surface area contributed by atoms with E-state index < -0.39 is 15.3 Å². The van der Waals surface area contributed by atoms with Gasteiger partial charge in [0.1, 0.15) is 11.1 Å². The van der Waals surface area contributed by atoms with Gasteiger partial charge in [0.05, 0.1) is 4.88 Å². The molecule has 0 fully saturated rings. The number of aromatic amines is 1. The molecule has 0 saturated carbocycles. The molecular formula is C18H18N2O3S2. The van der Waals surface area contributed by atoms with Gasteiger partial charge in [-0.25, -0.2) is 8.42 Å². The van der Waals surface area contributed by atoms with Gasteiger partial charge in [0.15, 0.2) is 0 Å². The molecule has 130 valence electrons. The van der Waals surface area contributed by atoms with E-state index >= 15 is 0 Å². The van der Waals surface area contributed by atoms with Crippen molar-refractivity contribution in [3.63, 3.8) is 0 Å². The van der Waals surface area contributed by atoms with Gasteiger partial charge in [-0.2, -0.15) is 0 Å². The summed E-state index contributed by atoms with van der Waals surface area (Å²) in [5.41, 5.74) is 1.07. The molecule has 0 saturated heterocycles. The molecule has 25 heavy (non-hydrogen) atoms. The molecule has 2 heterocycles. The predicted molar refractivity (Wildman–Crippen MR) is 101 cm³/mol. The third kappa shape index (κ3) is 3.38. The molecule has 0 amide bonds. The number of hydrogen-bond donors (Lipinski definition) is 1. The lowest BCUT2D eigenvalue weighted by Crippen LogP contribution is -2.30. The average Bonchev–Trinajstić information content (AvgIpc) is 3.33.